The molecule has 1 saturated carbocycles. The van der Waals surface area contributed by atoms with Crippen LogP contribution in [0.3, 0.4) is 0 Å². The number of pyridine rings is 1. The number of aromatic nitrogens is 3. The second-order valence-electron chi connectivity index (χ2n) is 7.84. The van der Waals surface area contributed by atoms with E-state index in [4.69, 9.17) is 15.7 Å². The second-order valence-corrected chi connectivity index (χ2v) is 7.84. The maximum Gasteiger partial charge on any atom is 0.155 e. The lowest BCUT2D eigenvalue weighted by atomic mass is 9.83. The molecule has 3 atom stereocenters. The minimum absolute atomic E-state index is 0. The Morgan fingerprint density at radius 2 is 1.84 bits per heavy atom. The third-order valence-corrected chi connectivity index (χ3v) is 5.49. The van der Waals surface area contributed by atoms with Crippen LogP contribution in [-0.4, -0.2) is 27.0 Å². The summed E-state index contributed by atoms with van der Waals surface area (Å²) in [7, 11) is 0. The van der Waals surface area contributed by atoms with Gasteiger partial charge in [0.15, 0.2) is 5.82 Å². The molecule has 31 heavy (non-hydrogen) atoms. The van der Waals surface area contributed by atoms with Crippen LogP contribution < -0.4 is 11.1 Å². The van der Waals surface area contributed by atoms with Crippen LogP contribution in [0.5, 0.6) is 0 Å². The number of nitrogens with one attached hydrogen (secondary N) is 1. The predicted molar refractivity (Wildman–Crippen MR) is 138 cm³/mol. The number of nitrogens with zero attached hydrogens (tertiary/aromatic N) is 3. The number of rotatable bonds is 4. The molecule has 0 unspecified atom stereocenters. The summed E-state index contributed by atoms with van der Waals surface area (Å²) >= 11 is 0. The van der Waals surface area contributed by atoms with Crippen LogP contribution in [-0.2, 0) is 0 Å². The first-order valence-electron chi connectivity index (χ1n) is 9.98. The lowest BCUT2D eigenvalue weighted by Crippen LogP contribution is -2.39. The van der Waals surface area contributed by atoms with Gasteiger partial charge in [-0.15, -0.1) is 37.2 Å². The highest BCUT2D eigenvalue weighted by atomic mass is 35.5. The van der Waals surface area contributed by atoms with E-state index in [1.807, 2.05) is 30.4 Å². The van der Waals surface area contributed by atoms with Gasteiger partial charge >= 0.3 is 0 Å². The van der Waals surface area contributed by atoms with Crippen molar-refractivity contribution >= 4 is 66.1 Å². The van der Waals surface area contributed by atoms with Gasteiger partial charge < -0.3 is 11.1 Å². The van der Waals surface area contributed by atoms with Gasteiger partial charge in [0.1, 0.15) is 5.82 Å². The van der Waals surface area contributed by atoms with Crippen molar-refractivity contribution in [3.8, 4) is 0 Å². The molecule has 3 N–H and O–H groups in total. The van der Waals surface area contributed by atoms with Gasteiger partial charge in [-0.1, -0.05) is 24.6 Å². The van der Waals surface area contributed by atoms with Gasteiger partial charge in [-0.3, -0.25) is 4.98 Å². The monoisotopic (exact) mass is 481 g/mol. The third-order valence-electron chi connectivity index (χ3n) is 5.49. The van der Waals surface area contributed by atoms with Crippen LogP contribution in [0.1, 0.15) is 43.3 Å². The number of aryl methyl sites for hydroxylation is 1. The van der Waals surface area contributed by atoms with E-state index in [2.05, 4.69) is 42.3 Å². The minimum Gasteiger partial charge on any atom is -0.366 e. The summed E-state index contributed by atoms with van der Waals surface area (Å²) in [5.74, 6) is 2.11. The zero-order valence-electron chi connectivity index (χ0n) is 17.7. The van der Waals surface area contributed by atoms with Crippen molar-refractivity contribution in [1.82, 2.24) is 15.0 Å². The molecule has 4 rings (SSSR count). The summed E-state index contributed by atoms with van der Waals surface area (Å²) in [5, 5.41) is 4.77. The standard InChI is InChI=1S/C23H27N5.3ClH/c1-15-6-9-21-19(13-15)23(27-20-10-7-17(24)14-16(20)2)28-22(26-21)11-8-18-5-3-4-12-25-18;;;/h3-6,8-9,11-13,16-17,20H,7,10,14,24H2,1-2H3,(H,26,27,28);3*1H/b11-8+;;;/t16-,17-,20+;;;/m0.../s1. The summed E-state index contributed by atoms with van der Waals surface area (Å²) < 4.78 is 0. The fourth-order valence-corrected chi connectivity index (χ4v) is 3.91. The molecule has 8 heteroatoms. The van der Waals surface area contributed by atoms with Crippen molar-refractivity contribution in [1.29, 1.82) is 0 Å². The average molecular weight is 483 g/mol. The Balaban J connectivity index is 0.00000160. The van der Waals surface area contributed by atoms with Crippen LogP contribution in [0.2, 0.25) is 0 Å². The van der Waals surface area contributed by atoms with Crippen molar-refractivity contribution in [2.45, 2.75) is 45.2 Å². The van der Waals surface area contributed by atoms with Gasteiger partial charge in [-0.2, -0.15) is 0 Å². The lowest BCUT2D eigenvalue weighted by Gasteiger charge is -2.33. The van der Waals surface area contributed by atoms with Crippen LogP contribution in [0.15, 0.2) is 42.6 Å². The van der Waals surface area contributed by atoms with E-state index in [-0.39, 0.29) is 37.2 Å². The molecule has 5 nitrogen and oxygen atoms in total. The third kappa shape index (κ3) is 6.78. The van der Waals surface area contributed by atoms with Gasteiger partial charge in [0.05, 0.1) is 11.2 Å². The molecule has 168 valence electrons. The van der Waals surface area contributed by atoms with Crippen LogP contribution in [0, 0.1) is 12.8 Å². The number of fused-ring (bicyclic) bond motifs is 1. The topological polar surface area (TPSA) is 76.7 Å². The largest absolute Gasteiger partial charge is 0.366 e. The Morgan fingerprint density at radius 1 is 1.03 bits per heavy atom. The predicted octanol–water partition coefficient (Wildman–Crippen LogP) is 5.70. The molecule has 0 bridgehead atoms. The second kappa shape index (κ2) is 12.2. The summed E-state index contributed by atoms with van der Waals surface area (Å²) in [6.07, 6.45) is 8.82. The van der Waals surface area contributed by atoms with E-state index in [0.717, 1.165) is 41.7 Å². The van der Waals surface area contributed by atoms with E-state index in [1.54, 1.807) is 6.20 Å². The van der Waals surface area contributed by atoms with E-state index in [0.29, 0.717) is 23.8 Å². The Kier molecular flexibility index (Phi) is 10.7. The first-order chi connectivity index (χ1) is 13.6. The molecular formula is C23H30Cl3N5. The molecule has 0 aliphatic heterocycles. The van der Waals surface area contributed by atoms with Gasteiger partial charge in [-0.25, -0.2) is 9.97 Å². The maximum absolute atomic E-state index is 6.14. The van der Waals surface area contributed by atoms with Crippen molar-refractivity contribution < 1.29 is 0 Å². The first kappa shape index (κ1) is 27.1. The van der Waals surface area contributed by atoms with Crippen molar-refractivity contribution in [3.63, 3.8) is 0 Å². The van der Waals surface area contributed by atoms with Crippen molar-refractivity contribution in [3.05, 3.63) is 59.7 Å². The molecule has 1 aromatic carbocycles. The molecule has 3 aromatic rings. The number of benzene rings is 1. The maximum atomic E-state index is 6.14. The van der Waals surface area contributed by atoms with Crippen LogP contribution in [0.4, 0.5) is 5.82 Å². The van der Waals surface area contributed by atoms with E-state index < -0.39 is 0 Å². The highest BCUT2D eigenvalue weighted by Crippen LogP contribution is 2.29. The zero-order chi connectivity index (χ0) is 19.5. The Morgan fingerprint density at radius 3 is 2.55 bits per heavy atom. The van der Waals surface area contributed by atoms with Crippen LogP contribution >= 0.6 is 37.2 Å². The van der Waals surface area contributed by atoms with Gasteiger partial charge in [0.25, 0.3) is 0 Å². The number of halogens is 3. The normalized spacial score (nSPS) is 20.4. The zero-order valence-corrected chi connectivity index (χ0v) is 20.1. The molecule has 2 heterocycles. The minimum atomic E-state index is 0. The Labute approximate surface area is 202 Å². The SMILES string of the molecule is Cc1ccc2nc(/C=C/c3ccccn3)nc(N[C@@H]3CC[C@H](N)C[C@@H]3C)c2c1.Cl.Cl.Cl. The molecule has 1 fully saturated rings. The quantitative estimate of drug-likeness (QED) is 0.499. The Bertz CT molecular complexity index is 997. The van der Waals surface area contributed by atoms with Crippen molar-refractivity contribution in [2.24, 2.45) is 11.7 Å². The van der Waals surface area contributed by atoms with Gasteiger partial charge in [-0.05, 0) is 68.5 Å². The first-order valence-corrected chi connectivity index (χ1v) is 9.98. The molecule has 0 spiro atoms. The number of nitrogens with two attached hydrogens (primary N) is 1. The molecule has 0 saturated heterocycles. The molecule has 1 aliphatic rings. The average Bonchev–Trinajstić information content (AvgIpc) is 2.69. The molecule has 0 amide bonds. The number of hydrogen-bond acceptors (Lipinski definition) is 5. The molecule has 0 radical (unpaired) electrons. The fourth-order valence-electron chi connectivity index (χ4n) is 3.91. The lowest BCUT2D eigenvalue weighted by molar-refractivity contribution is 0.314. The molecule has 1 aliphatic carbocycles. The highest BCUT2D eigenvalue weighted by molar-refractivity contribution is 5.90. The Hall–Kier alpha value is -1.92. The molecular weight excluding hydrogens is 453 g/mol. The summed E-state index contributed by atoms with van der Waals surface area (Å²) in [5.41, 5.74) is 9.18. The highest BCUT2D eigenvalue weighted by Gasteiger charge is 2.26. The smallest absolute Gasteiger partial charge is 0.155 e. The van der Waals surface area contributed by atoms with E-state index in [9.17, 15) is 0 Å². The van der Waals surface area contributed by atoms with Gasteiger partial charge in [0.2, 0.25) is 0 Å². The van der Waals surface area contributed by atoms with Crippen LogP contribution in [0.25, 0.3) is 23.1 Å². The van der Waals surface area contributed by atoms with E-state index >= 15 is 0 Å². The summed E-state index contributed by atoms with van der Waals surface area (Å²) in [6, 6.07) is 12.9. The molecule has 2 aromatic heterocycles. The summed E-state index contributed by atoms with van der Waals surface area (Å²) in [6.45, 7) is 4.37. The van der Waals surface area contributed by atoms with Crippen molar-refractivity contribution in [2.75, 3.05) is 5.32 Å². The fraction of sp³-hybridized carbons (Fsp3) is 0.348. The number of anilines is 1. The summed E-state index contributed by atoms with van der Waals surface area (Å²) in [4.78, 5) is 13.9. The number of hydrogen-bond donors (Lipinski definition) is 2. The van der Waals surface area contributed by atoms with Gasteiger partial charge in [0, 0.05) is 23.7 Å². The van der Waals surface area contributed by atoms with E-state index in [1.165, 1.54) is 5.56 Å².